The molecule has 2 heterocycles. The van der Waals surface area contributed by atoms with Gasteiger partial charge in [-0.1, -0.05) is 88.4 Å². The molecule has 0 N–H and O–H groups in total. The first kappa shape index (κ1) is 35.7. The van der Waals surface area contributed by atoms with E-state index in [-0.39, 0.29) is 34.4 Å². The maximum Gasteiger partial charge on any atom is 0.248 e. The van der Waals surface area contributed by atoms with Gasteiger partial charge in [-0.25, -0.2) is 53.6 Å². The van der Waals surface area contributed by atoms with Gasteiger partial charge in [-0.05, 0) is 23.3 Å². The molecule has 0 spiro atoms. The Balaban J connectivity index is 1.86. The van der Waals surface area contributed by atoms with E-state index in [4.69, 9.17) is 0 Å². The molecule has 0 amide bonds. The summed E-state index contributed by atoms with van der Waals surface area (Å²) in [5, 5.41) is -2.05. The lowest BCUT2D eigenvalue weighted by atomic mass is 9.50. The van der Waals surface area contributed by atoms with E-state index in [0.29, 0.717) is 0 Å². The number of sulfone groups is 4. The van der Waals surface area contributed by atoms with Crippen LogP contribution in [0.25, 0.3) is 0 Å². The van der Waals surface area contributed by atoms with E-state index in [9.17, 15) is 33.7 Å². The summed E-state index contributed by atoms with van der Waals surface area (Å²) in [5.41, 5.74) is 1.83. The number of hydrogen-bond donors (Lipinski definition) is 0. The van der Waals surface area contributed by atoms with Gasteiger partial charge in [-0.3, -0.25) is 0 Å². The fourth-order valence-corrected chi connectivity index (χ4v) is 9.24. The van der Waals surface area contributed by atoms with Crippen LogP contribution in [0, 0.1) is 0 Å². The van der Waals surface area contributed by atoms with Crippen LogP contribution in [-0.2, 0) is 39.3 Å². The summed E-state index contributed by atoms with van der Waals surface area (Å²) in [4.78, 5) is 16.9. The van der Waals surface area contributed by atoms with E-state index in [1.807, 2.05) is 36.4 Å². The lowest BCUT2D eigenvalue weighted by Crippen LogP contribution is -2.41. The fourth-order valence-electron chi connectivity index (χ4n) is 6.00. The van der Waals surface area contributed by atoms with Gasteiger partial charge in [0.2, 0.25) is 30.0 Å². The summed E-state index contributed by atoms with van der Waals surface area (Å²) in [6, 6.07) is 20.8. The summed E-state index contributed by atoms with van der Waals surface area (Å²) in [6.45, 7) is 5.70. The quantitative estimate of drug-likeness (QED) is 0.151. The summed E-state index contributed by atoms with van der Waals surface area (Å²) >= 11 is 0. The van der Waals surface area contributed by atoms with Crippen molar-refractivity contribution in [2.45, 2.75) is 71.7 Å². The zero-order chi connectivity index (χ0) is 35.1. The minimum atomic E-state index is -4.05. The molecule has 2 aromatic heterocycles. The summed E-state index contributed by atoms with van der Waals surface area (Å²) in [5.74, 6) is -3.84. The number of aromatic nitrogens is 4. The molecule has 1 aliphatic rings. The molecule has 1 saturated carbocycles. The summed E-state index contributed by atoms with van der Waals surface area (Å²) in [6.07, 6.45) is 0. The van der Waals surface area contributed by atoms with Crippen molar-refractivity contribution in [2.24, 2.45) is 0 Å². The van der Waals surface area contributed by atoms with Crippen molar-refractivity contribution < 1.29 is 33.7 Å². The Morgan fingerprint density at radius 1 is 0.438 bits per heavy atom. The molecule has 0 unspecified atom stereocenters. The normalized spacial score (nSPS) is 20.2. The first-order valence-corrected chi connectivity index (χ1v) is 22.0. The van der Waals surface area contributed by atoms with Crippen LogP contribution in [-0.4, -0.2) is 76.6 Å². The highest BCUT2D eigenvalue weighted by molar-refractivity contribution is 7.92. The highest BCUT2D eigenvalue weighted by Crippen LogP contribution is 2.66. The van der Waals surface area contributed by atoms with E-state index < -0.39 is 83.4 Å². The van der Waals surface area contributed by atoms with Gasteiger partial charge in [0.15, 0.2) is 29.7 Å². The van der Waals surface area contributed by atoms with E-state index >= 15 is 0 Å². The molecule has 0 saturated heterocycles. The molecule has 0 atom stereocenters. The van der Waals surface area contributed by atoms with Gasteiger partial charge in [0.05, 0.1) is 34.4 Å². The molecule has 16 heteroatoms. The van der Waals surface area contributed by atoms with E-state index in [2.05, 4.69) is 19.9 Å². The van der Waals surface area contributed by atoms with Crippen LogP contribution in [0.15, 0.2) is 93.2 Å². The van der Waals surface area contributed by atoms with Gasteiger partial charge in [0, 0.05) is 23.7 Å². The van der Waals surface area contributed by atoms with Crippen molar-refractivity contribution in [3.63, 3.8) is 0 Å². The van der Waals surface area contributed by atoms with Gasteiger partial charge in [0.25, 0.3) is 0 Å². The van der Waals surface area contributed by atoms with Crippen molar-refractivity contribution in [3.8, 4) is 0 Å². The van der Waals surface area contributed by atoms with Gasteiger partial charge >= 0.3 is 0 Å². The minimum absolute atomic E-state index is 0.167. The Kier molecular flexibility index (Phi) is 9.94. The molecule has 12 nitrogen and oxygen atoms in total. The average molecular weight is 733 g/mol. The molecule has 2 aromatic carbocycles. The molecule has 256 valence electrons. The summed E-state index contributed by atoms with van der Waals surface area (Å²) < 4.78 is 105. The second-order valence-corrected chi connectivity index (χ2v) is 20.2. The molecular formula is C32H36N4O8S4. The Hall–Kier alpha value is -3.60. The van der Waals surface area contributed by atoms with Crippen LogP contribution < -0.4 is 0 Å². The second kappa shape index (κ2) is 13.4. The Labute approximate surface area is 281 Å². The molecular weight excluding hydrogens is 697 g/mol. The van der Waals surface area contributed by atoms with Crippen LogP contribution >= 0.6 is 0 Å². The van der Waals surface area contributed by atoms with Gasteiger partial charge in [0.1, 0.15) is 0 Å². The van der Waals surface area contributed by atoms with Crippen molar-refractivity contribution in [1.29, 1.82) is 0 Å². The molecule has 1 fully saturated rings. The third-order valence-electron chi connectivity index (χ3n) is 8.72. The number of rotatable bonds is 12. The Bertz CT molecular complexity index is 1990. The largest absolute Gasteiger partial charge is 0.248 e. The van der Waals surface area contributed by atoms with Crippen LogP contribution in [0.2, 0.25) is 0 Å². The van der Waals surface area contributed by atoms with Crippen LogP contribution in [0.3, 0.4) is 0 Å². The maximum absolute atomic E-state index is 13.1. The Morgan fingerprint density at radius 3 is 1.04 bits per heavy atom. The molecule has 0 radical (unpaired) electrons. The number of hydrogen-bond acceptors (Lipinski definition) is 12. The zero-order valence-corrected chi connectivity index (χ0v) is 30.0. The highest BCUT2D eigenvalue weighted by atomic mass is 32.2. The van der Waals surface area contributed by atoms with Crippen molar-refractivity contribution in [3.05, 3.63) is 95.3 Å². The third kappa shape index (κ3) is 6.67. The lowest BCUT2D eigenvalue weighted by Gasteiger charge is -2.52. The second-order valence-electron chi connectivity index (χ2n) is 11.4. The SMILES string of the molecule is CCS(=O)(=O)c1cc([C@H]2[C@H](c3ccccc3)[C@@H](c3cc(S(=O)(=O)CC)nc(S(=O)(=O)CC)n3)[C@H]2c2ccccc2)nc(S(=O)(=O)CC)n1. The van der Waals surface area contributed by atoms with Crippen molar-refractivity contribution in [2.75, 3.05) is 23.0 Å². The first-order valence-electron chi connectivity index (χ1n) is 15.4. The maximum atomic E-state index is 13.1. The predicted octanol–water partition coefficient (Wildman–Crippen LogP) is 3.89. The van der Waals surface area contributed by atoms with E-state index in [1.165, 1.54) is 39.8 Å². The van der Waals surface area contributed by atoms with Gasteiger partial charge < -0.3 is 0 Å². The fraction of sp³-hybridized carbons (Fsp3) is 0.375. The molecule has 5 rings (SSSR count). The predicted molar refractivity (Wildman–Crippen MR) is 179 cm³/mol. The third-order valence-corrected chi connectivity index (χ3v) is 14.9. The Morgan fingerprint density at radius 2 is 0.750 bits per heavy atom. The van der Waals surface area contributed by atoms with Crippen molar-refractivity contribution in [1.82, 2.24) is 19.9 Å². The molecule has 4 aromatic rings. The molecule has 1 aliphatic carbocycles. The summed E-state index contributed by atoms with van der Waals surface area (Å²) in [7, 11) is -16.1. The molecule has 48 heavy (non-hydrogen) atoms. The topological polar surface area (TPSA) is 188 Å². The number of benzene rings is 2. The van der Waals surface area contributed by atoms with Crippen LogP contribution in [0.4, 0.5) is 0 Å². The molecule has 0 aliphatic heterocycles. The van der Waals surface area contributed by atoms with Gasteiger partial charge in [-0.2, -0.15) is 0 Å². The number of nitrogens with zero attached hydrogens (tertiary/aromatic N) is 4. The highest BCUT2D eigenvalue weighted by Gasteiger charge is 2.55. The van der Waals surface area contributed by atoms with E-state index in [1.54, 1.807) is 24.3 Å². The lowest BCUT2D eigenvalue weighted by molar-refractivity contribution is 0.217. The first-order chi connectivity index (χ1) is 22.6. The zero-order valence-electron chi connectivity index (χ0n) is 26.8. The minimum Gasteiger partial charge on any atom is -0.223 e. The standard InChI is InChI=1S/C32H36N4O8S4/c1-5-45(37,38)25-19-23(33-31(35-25)47(41,42)7-3)29-27(21-15-11-9-12-16-21)30(28(29)22-17-13-10-14-18-22)24-20-26(46(39,40)6-2)36-32(34-24)48(43,44)8-4/h9-20,27-30H,5-8H2,1-4H3/t27-,28-,29-,30+. The van der Waals surface area contributed by atoms with Crippen molar-refractivity contribution >= 4 is 39.3 Å². The van der Waals surface area contributed by atoms with Crippen LogP contribution in [0.1, 0.15) is 73.9 Å². The smallest absolute Gasteiger partial charge is 0.223 e. The van der Waals surface area contributed by atoms with Crippen LogP contribution in [0.5, 0.6) is 0 Å². The molecule has 0 bridgehead atoms. The monoisotopic (exact) mass is 732 g/mol. The average Bonchev–Trinajstić information content (AvgIpc) is 3.08. The van der Waals surface area contributed by atoms with E-state index in [0.717, 1.165) is 11.1 Å². The van der Waals surface area contributed by atoms with Gasteiger partial charge in [-0.15, -0.1) is 0 Å².